The predicted molar refractivity (Wildman–Crippen MR) is 243 cm³/mol. The van der Waals surface area contributed by atoms with Gasteiger partial charge < -0.3 is 14.2 Å². The monoisotopic (exact) mass is 807 g/mol. The highest BCUT2D eigenvalue weighted by Crippen LogP contribution is 2.17. The Bertz CT molecular complexity index is 870. The molecule has 0 aromatic heterocycles. The molecule has 6 heteroatoms. The smallest absolute Gasteiger partial charge is 0.306 e. The number of carbonyl (C=O) groups excluding carboxylic acids is 3. The molecule has 0 aliphatic carbocycles. The summed E-state index contributed by atoms with van der Waals surface area (Å²) in [4.78, 5) is 37.9. The number of hydrogen-bond donors (Lipinski definition) is 0. The first kappa shape index (κ1) is 55.4. The van der Waals surface area contributed by atoms with Gasteiger partial charge in [0.25, 0.3) is 0 Å². The van der Waals surface area contributed by atoms with Crippen LogP contribution in [0.5, 0.6) is 0 Å². The molecule has 0 radical (unpaired) electrons. The van der Waals surface area contributed by atoms with E-state index in [1.54, 1.807) is 0 Å². The highest BCUT2D eigenvalue weighted by molar-refractivity contribution is 5.71. The van der Waals surface area contributed by atoms with Crippen LogP contribution in [0.1, 0.15) is 279 Å². The molecule has 0 spiro atoms. The number of ether oxygens (including phenoxy) is 3. The molecule has 0 aliphatic rings. The van der Waals surface area contributed by atoms with Crippen molar-refractivity contribution >= 4 is 17.9 Å². The molecule has 0 N–H and O–H groups in total. The van der Waals surface area contributed by atoms with E-state index in [1.807, 2.05) is 0 Å². The Morgan fingerprint density at radius 3 is 0.860 bits per heavy atom. The maximum atomic E-state index is 12.8. The largest absolute Gasteiger partial charge is 0.462 e. The summed E-state index contributed by atoms with van der Waals surface area (Å²) in [7, 11) is 0. The summed E-state index contributed by atoms with van der Waals surface area (Å²) in [6.07, 6.45) is 43.8. The van der Waals surface area contributed by atoms with E-state index in [-0.39, 0.29) is 31.1 Å². The van der Waals surface area contributed by atoms with Gasteiger partial charge in [-0.25, -0.2) is 0 Å². The topological polar surface area (TPSA) is 78.9 Å². The maximum absolute atomic E-state index is 12.8. The minimum Gasteiger partial charge on any atom is -0.462 e. The average molecular weight is 807 g/mol. The molecule has 0 aromatic rings. The van der Waals surface area contributed by atoms with E-state index in [9.17, 15) is 14.4 Å². The zero-order valence-electron chi connectivity index (χ0n) is 39.0. The molecule has 0 saturated heterocycles. The van der Waals surface area contributed by atoms with Gasteiger partial charge in [0.1, 0.15) is 13.2 Å². The molecule has 1 atom stereocenters. The maximum Gasteiger partial charge on any atom is 0.306 e. The van der Waals surface area contributed by atoms with Crippen LogP contribution in [-0.4, -0.2) is 37.2 Å². The van der Waals surface area contributed by atoms with Gasteiger partial charge in [0.05, 0.1) is 0 Å². The van der Waals surface area contributed by atoms with E-state index in [0.717, 1.165) is 69.6 Å². The van der Waals surface area contributed by atoms with E-state index in [0.29, 0.717) is 19.3 Å². The Kier molecular flexibility index (Phi) is 42.7. The lowest BCUT2D eigenvalue weighted by atomic mass is 10.0. The van der Waals surface area contributed by atoms with Crippen LogP contribution in [0, 0.1) is 11.8 Å². The van der Waals surface area contributed by atoms with Crippen LogP contribution in [0.2, 0.25) is 0 Å². The predicted octanol–water partition coefficient (Wildman–Crippen LogP) is 16.1. The van der Waals surface area contributed by atoms with Crippen molar-refractivity contribution in [3.8, 4) is 0 Å². The van der Waals surface area contributed by atoms with E-state index in [2.05, 4.69) is 34.6 Å². The lowest BCUT2D eigenvalue weighted by Gasteiger charge is -2.18. The molecule has 0 bridgehead atoms. The Morgan fingerprint density at radius 1 is 0.333 bits per heavy atom. The third-order valence-electron chi connectivity index (χ3n) is 11.5. The van der Waals surface area contributed by atoms with Gasteiger partial charge in [-0.2, -0.15) is 0 Å². The van der Waals surface area contributed by atoms with Gasteiger partial charge in [0, 0.05) is 19.3 Å². The second-order valence-corrected chi connectivity index (χ2v) is 18.4. The molecule has 6 nitrogen and oxygen atoms in total. The normalized spacial score (nSPS) is 12.1. The van der Waals surface area contributed by atoms with Gasteiger partial charge in [-0.1, -0.05) is 240 Å². The molecule has 0 rings (SSSR count). The van der Waals surface area contributed by atoms with Crippen LogP contribution < -0.4 is 0 Å². The third-order valence-corrected chi connectivity index (χ3v) is 11.5. The van der Waals surface area contributed by atoms with Crippen molar-refractivity contribution in [1.82, 2.24) is 0 Å². The molecule has 0 aliphatic heterocycles. The average Bonchev–Trinajstić information content (AvgIpc) is 3.18. The second kappa shape index (κ2) is 44.0. The van der Waals surface area contributed by atoms with E-state index in [1.165, 1.54) is 167 Å². The van der Waals surface area contributed by atoms with Crippen molar-refractivity contribution in [2.75, 3.05) is 13.2 Å². The fourth-order valence-corrected chi connectivity index (χ4v) is 7.64. The van der Waals surface area contributed by atoms with Crippen LogP contribution in [0.4, 0.5) is 0 Å². The summed E-state index contributed by atoms with van der Waals surface area (Å²) >= 11 is 0. The van der Waals surface area contributed by atoms with Gasteiger partial charge in [-0.05, 0) is 31.1 Å². The van der Waals surface area contributed by atoms with Crippen LogP contribution >= 0.6 is 0 Å². The van der Waals surface area contributed by atoms with Crippen LogP contribution in [0.25, 0.3) is 0 Å². The molecule has 57 heavy (non-hydrogen) atoms. The summed E-state index contributed by atoms with van der Waals surface area (Å²) in [6.45, 7) is 11.3. The van der Waals surface area contributed by atoms with Crippen LogP contribution in [0.3, 0.4) is 0 Å². The molecule has 0 fully saturated rings. The zero-order chi connectivity index (χ0) is 41.9. The quantitative estimate of drug-likeness (QED) is 0.0346. The Hall–Kier alpha value is -1.59. The number of carbonyl (C=O) groups is 3. The summed E-state index contributed by atoms with van der Waals surface area (Å²) in [5.74, 6) is 0.754. The highest BCUT2D eigenvalue weighted by atomic mass is 16.6. The molecule has 0 saturated carbocycles. The van der Waals surface area contributed by atoms with Crippen molar-refractivity contribution in [2.45, 2.75) is 285 Å². The van der Waals surface area contributed by atoms with Crippen LogP contribution in [0.15, 0.2) is 0 Å². The van der Waals surface area contributed by atoms with Crippen molar-refractivity contribution in [3.05, 3.63) is 0 Å². The summed E-state index contributed by atoms with van der Waals surface area (Å²) in [5.41, 5.74) is 0. The molecule has 0 heterocycles. The fraction of sp³-hybridized carbons (Fsp3) is 0.941. The van der Waals surface area contributed by atoms with E-state index < -0.39 is 6.10 Å². The summed E-state index contributed by atoms with van der Waals surface area (Å²) < 4.78 is 16.8. The lowest BCUT2D eigenvalue weighted by molar-refractivity contribution is -0.167. The fourth-order valence-electron chi connectivity index (χ4n) is 7.64. The SMILES string of the molecule is CCCCCCCCCCCCCCCCCC(=O)OC[C@@H](COC(=O)CCCCCCCCCC(C)C)OC(=O)CCCCCCCCCCCCCC(C)C. The summed E-state index contributed by atoms with van der Waals surface area (Å²) in [6, 6.07) is 0. The van der Waals surface area contributed by atoms with Gasteiger partial charge in [-0.3, -0.25) is 14.4 Å². The van der Waals surface area contributed by atoms with Gasteiger partial charge >= 0.3 is 17.9 Å². The highest BCUT2D eigenvalue weighted by Gasteiger charge is 2.19. The first-order valence-electron chi connectivity index (χ1n) is 25.2. The minimum atomic E-state index is -0.761. The number of esters is 3. The number of rotatable bonds is 45. The van der Waals surface area contributed by atoms with Gasteiger partial charge in [0.15, 0.2) is 6.10 Å². The Morgan fingerprint density at radius 2 is 0.579 bits per heavy atom. The summed E-state index contributed by atoms with van der Waals surface area (Å²) in [5, 5.41) is 0. The second-order valence-electron chi connectivity index (χ2n) is 18.4. The first-order chi connectivity index (χ1) is 27.7. The van der Waals surface area contributed by atoms with Gasteiger partial charge in [-0.15, -0.1) is 0 Å². The first-order valence-corrected chi connectivity index (χ1v) is 25.2. The lowest BCUT2D eigenvalue weighted by Crippen LogP contribution is -2.30. The molecular weight excluding hydrogens is 709 g/mol. The Balaban J connectivity index is 4.30. The number of unbranched alkanes of at least 4 members (excludes halogenated alkanes) is 30. The van der Waals surface area contributed by atoms with Crippen molar-refractivity contribution in [3.63, 3.8) is 0 Å². The number of hydrogen-bond acceptors (Lipinski definition) is 6. The van der Waals surface area contributed by atoms with E-state index >= 15 is 0 Å². The molecule has 0 amide bonds. The van der Waals surface area contributed by atoms with E-state index in [4.69, 9.17) is 14.2 Å². The zero-order valence-corrected chi connectivity index (χ0v) is 39.0. The molecule has 0 aromatic carbocycles. The standard InChI is InChI=1S/C51H98O6/c1-6-7-8-9-10-11-12-13-14-15-18-21-26-31-36-41-49(52)55-44-48(45-56-50(53)42-37-32-28-23-25-30-35-40-47(4)5)57-51(54)43-38-33-27-22-19-16-17-20-24-29-34-39-46(2)3/h46-48H,6-45H2,1-5H3/t48-/m0/s1. The van der Waals surface area contributed by atoms with Crippen molar-refractivity contribution in [1.29, 1.82) is 0 Å². The Labute approximate surface area is 355 Å². The molecule has 338 valence electrons. The van der Waals surface area contributed by atoms with Crippen LogP contribution in [-0.2, 0) is 28.6 Å². The van der Waals surface area contributed by atoms with Crippen molar-refractivity contribution in [2.24, 2.45) is 11.8 Å². The minimum absolute atomic E-state index is 0.0644. The van der Waals surface area contributed by atoms with Gasteiger partial charge in [0.2, 0.25) is 0 Å². The molecule has 0 unspecified atom stereocenters. The van der Waals surface area contributed by atoms with Crippen molar-refractivity contribution < 1.29 is 28.6 Å². The molecular formula is C51H98O6. The third kappa shape index (κ3) is 45.3.